The van der Waals surface area contributed by atoms with Gasteiger partial charge in [-0.3, -0.25) is 0 Å². The summed E-state index contributed by atoms with van der Waals surface area (Å²) in [4.78, 5) is 0. The number of halogens is 1. The lowest BCUT2D eigenvalue weighted by Gasteiger charge is -2.26. The van der Waals surface area contributed by atoms with E-state index in [-0.39, 0.29) is 0 Å². The van der Waals surface area contributed by atoms with Crippen molar-refractivity contribution in [3.05, 3.63) is 11.9 Å². The van der Waals surface area contributed by atoms with E-state index in [0.717, 1.165) is 24.1 Å². The molecule has 1 saturated carbocycles. The molecule has 0 saturated heterocycles. The van der Waals surface area contributed by atoms with Gasteiger partial charge in [0.1, 0.15) is 0 Å². The van der Waals surface area contributed by atoms with Crippen LogP contribution in [-0.4, -0.2) is 15.0 Å². The van der Waals surface area contributed by atoms with Crippen LogP contribution in [0, 0.1) is 11.8 Å². The molecule has 2 atom stereocenters. The van der Waals surface area contributed by atoms with Crippen LogP contribution in [0.15, 0.2) is 6.20 Å². The van der Waals surface area contributed by atoms with Crippen LogP contribution in [0.2, 0.25) is 0 Å². The molecule has 2 unspecified atom stereocenters. The van der Waals surface area contributed by atoms with E-state index in [1.165, 1.54) is 25.7 Å². The Balaban J connectivity index is 1.96. The maximum absolute atomic E-state index is 5.82. The summed E-state index contributed by atoms with van der Waals surface area (Å²) in [5.41, 5.74) is 1.04. The number of aromatic nitrogens is 3. The van der Waals surface area contributed by atoms with Gasteiger partial charge in [-0.15, -0.1) is 16.7 Å². The van der Waals surface area contributed by atoms with Gasteiger partial charge >= 0.3 is 0 Å². The first-order chi connectivity index (χ1) is 7.29. The van der Waals surface area contributed by atoms with E-state index in [1.807, 2.05) is 4.68 Å². The van der Waals surface area contributed by atoms with Crippen LogP contribution < -0.4 is 0 Å². The minimum absolute atomic E-state index is 0.509. The Morgan fingerprint density at radius 2 is 2.40 bits per heavy atom. The topological polar surface area (TPSA) is 30.7 Å². The molecule has 0 radical (unpaired) electrons. The molecule has 1 aliphatic rings. The van der Waals surface area contributed by atoms with Crippen LogP contribution >= 0.6 is 11.6 Å². The SMILES string of the molecule is CC1CCCC(Cn2nncc2CCl)C1. The largest absolute Gasteiger partial charge is 0.248 e. The zero-order valence-corrected chi connectivity index (χ0v) is 9.95. The Morgan fingerprint density at radius 1 is 1.53 bits per heavy atom. The second-order valence-electron chi connectivity index (χ2n) is 4.68. The molecule has 3 nitrogen and oxygen atoms in total. The summed E-state index contributed by atoms with van der Waals surface area (Å²) in [6.45, 7) is 3.34. The molecular weight excluding hydrogens is 210 g/mol. The van der Waals surface area contributed by atoms with Gasteiger partial charge in [0.15, 0.2) is 0 Å². The maximum Gasteiger partial charge on any atom is 0.0737 e. The number of hydrogen-bond acceptors (Lipinski definition) is 2. The van der Waals surface area contributed by atoms with E-state index in [1.54, 1.807) is 6.20 Å². The fourth-order valence-electron chi connectivity index (χ4n) is 2.51. The van der Waals surface area contributed by atoms with Gasteiger partial charge in [-0.25, -0.2) is 4.68 Å². The van der Waals surface area contributed by atoms with E-state index < -0.39 is 0 Å². The summed E-state index contributed by atoms with van der Waals surface area (Å²) in [7, 11) is 0. The van der Waals surface area contributed by atoms with Crippen LogP contribution in [0.3, 0.4) is 0 Å². The standard InChI is InChI=1S/C11H18ClN3/c1-9-3-2-4-10(5-9)8-15-11(6-12)7-13-14-15/h7,9-10H,2-6,8H2,1H3. The highest BCUT2D eigenvalue weighted by Crippen LogP contribution is 2.29. The summed E-state index contributed by atoms with van der Waals surface area (Å²) in [5, 5.41) is 7.99. The molecule has 1 fully saturated rings. The van der Waals surface area contributed by atoms with Crippen molar-refractivity contribution in [2.75, 3.05) is 0 Å². The van der Waals surface area contributed by atoms with Crippen molar-refractivity contribution in [1.82, 2.24) is 15.0 Å². The molecule has 2 rings (SSSR count). The van der Waals surface area contributed by atoms with Crippen molar-refractivity contribution in [2.45, 2.75) is 45.0 Å². The first-order valence-electron chi connectivity index (χ1n) is 5.73. The second kappa shape index (κ2) is 4.97. The van der Waals surface area contributed by atoms with Crippen LogP contribution in [0.25, 0.3) is 0 Å². The molecule has 0 aliphatic heterocycles. The molecule has 0 N–H and O–H groups in total. The molecule has 1 aliphatic carbocycles. The Bertz CT molecular complexity index is 311. The zero-order valence-electron chi connectivity index (χ0n) is 9.19. The average molecular weight is 228 g/mol. The summed E-state index contributed by atoms with van der Waals surface area (Å²) in [5.74, 6) is 2.14. The van der Waals surface area contributed by atoms with Crippen molar-refractivity contribution in [2.24, 2.45) is 11.8 Å². The maximum atomic E-state index is 5.82. The zero-order chi connectivity index (χ0) is 10.7. The quantitative estimate of drug-likeness (QED) is 0.744. The predicted molar refractivity (Wildman–Crippen MR) is 60.7 cm³/mol. The predicted octanol–water partition coefficient (Wildman–Crippen LogP) is 2.84. The smallest absolute Gasteiger partial charge is 0.0737 e. The van der Waals surface area contributed by atoms with E-state index in [2.05, 4.69) is 17.2 Å². The fraction of sp³-hybridized carbons (Fsp3) is 0.818. The van der Waals surface area contributed by atoms with Crippen LogP contribution in [0.5, 0.6) is 0 Å². The third-order valence-electron chi connectivity index (χ3n) is 3.31. The molecule has 0 spiro atoms. The lowest BCUT2D eigenvalue weighted by Crippen LogP contribution is -2.20. The first-order valence-corrected chi connectivity index (χ1v) is 6.26. The van der Waals surface area contributed by atoms with Crippen molar-refractivity contribution in [3.63, 3.8) is 0 Å². The van der Waals surface area contributed by atoms with E-state index >= 15 is 0 Å². The molecule has 0 amide bonds. The summed E-state index contributed by atoms with van der Waals surface area (Å²) in [6.07, 6.45) is 7.15. The Kier molecular flexibility index (Phi) is 3.62. The molecule has 0 bridgehead atoms. The van der Waals surface area contributed by atoms with Gasteiger partial charge in [-0.1, -0.05) is 25.0 Å². The number of alkyl halides is 1. The summed E-state index contributed by atoms with van der Waals surface area (Å²) < 4.78 is 1.97. The molecule has 0 aromatic carbocycles. The third kappa shape index (κ3) is 2.71. The second-order valence-corrected chi connectivity index (χ2v) is 4.95. The van der Waals surface area contributed by atoms with Crippen LogP contribution in [-0.2, 0) is 12.4 Å². The van der Waals surface area contributed by atoms with Crippen LogP contribution in [0.4, 0.5) is 0 Å². The lowest BCUT2D eigenvalue weighted by molar-refractivity contribution is 0.247. The lowest BCUT2D eigenvalue weighted by atomic mass is 9.82. The number of nitrogens with zero attached hydrogens (tertiary/aromatic N) is 3. The van der Waals surface area contributed by atoms with Gasteiger partial charge in [-0.05, 0) is 24.7 Å². The molecule has 15 heavy (non-hydrogen) atoms. The highest BCUT2D eigenvalue weighted by molar-refractivity contribution is 6.16. The highest BCUT2D eigenvalue weighted by atomic mass is 35.5. The molecular formula is C11H18ClN3. The van der Waals surface area contributed by atoms with Crippen molar-refractivity contribution in [1.29, 1.82) is 0 Å². The highest BCUT2D eigenvalue weighted by Gasteiger charge is 2.20. The third-order valence-corrected chi connectivity index (χ3v) is 3.58. The molecule has 4 heteroatoms. The summed E-state index contributed by atoms with van der Waals surface area (Å²) >= 11 is 5.82. The first kappa shape index (κ1) is 10.9. The van der Waals surface area contributed by atoms with E-state index in [9.17, 15) is 0 Å². The van der Waals surface area contributed by atoms with Crippen LogP contribution in [0.1, 0.15) is 38.3 Å². The van der Waals surface area contributed by atoms with Gasteiger partial charge in [-0.2, -0.15) is 0 Å². The van der Waals surface area contributed by atoms with Gasteiger partial charge in [0.25, 0.3) is 0 Å². The van der Waals surface area contributed by atoms with Gasteiger partial charge in [0, 0.05) is 6.54 Å². The molecule has 1 aromatic rings. The Hall–Kier alpha value is -0.570. The van der Waals surface area contributed by atoms with E-state index in [0.29, 0.717) is 5.88 Å². The summed E-state index contributed by atoms with van der Waals surface area (Å²) in [6, 6.07) is 0. The average Bonchev–Trinajstić information content (AvgIpc) is 2.65. The number of hydrogen-bond donors (Lipinski definition) is 0. The Morgan fingerprint density at radius 3 is 3.13 bits per heavy atom. The van der Waals surface area contributed by atoms with Crippen molar-refractivity contribution in [3.8, 4) is 0 Å². The number of rotatable bonds is 3. The Labute approximate surface area is 95.8 Å². The van der Waals surface area contributed by atoms with E-state index in [4.69, 9.17) is 11.6 Å². The molecule has 1 heterocycles. The van der Waals surface area contributed by atoms with Gasteiger partial charge in [0.05, 0.1) is 17.8 Å². The van der Waals surface area contributed by atoms with Crippen molar-refractivity contribution < 1.29 is 0 Å². The minimum atomic E-state index is 0.509. The fourth-order valence-corrected chi connectivity index (χ4v) is 2.71. The van der Waals surface area contributed by atoms with Gasteiger partial charge < -0.3 is 0 Å². The van der Waals surface area contributed by atoms with Gasteiger partial charge in [0.2, 0.25) is 0 Å². The monoisotopic (exact) mass is 227 g/mol. The minimum Gasteiger partial charge on any atom is -0.248 e. The van der Waals surface area contributed by atoms with Crippen molar-refractivity contribution >= 4 is 11.6 Å². The normalized spacial score (nSPS) is 26.8. The molecule has 1 aromatic heterocycles. The molecule has 84 valence electrons.